The summed E-state index contributed by atoms with van der Waals surface area (Å²) in [5, 5.41) is 0. The van der Waals surface area contributed by atoms with Crippen LogP contribution in [-0.4, -0.2) is 24.4 Å². The van der Waals surface area contributed by atoms with E-state index in [4.69, 9.17) is 0 Å². The van der Waals surface area contributed by atoms with Crippen molar-refractivity contribution in [1.82, 2.24) is 0 Å². The first-order valence-corrected chi connectivity index (χ1v) is 4.30. The molecule has 0 aromatic rings. The Morgan fingerprint density at radius 3 is 1.43 bits per heavy atom. The maximum Gasteiger partial charge on any atom is -0.147 e. The molecule has 44 valence electrons. The average molecular weight is 245 g/mol. The van der Waals surface area contributed by atoms with E-state index in [0.717, 1.165) is 5.92 Å². The number of hydrogen-bond acceptors (Lipinski definition) is 0. The zero-order valence-electron chi connectivity index (χ0n) is 4.68. The Morgan fingerprint density at radius 1 is 1.29 bits per heavy atom. The third-order valence-corrected chi connectivity index (χ3v) is 3.16. The van der Waals surface area contributed by atoms with Gasteiger partial charge < -0.3 is 0 Å². The van der Waals surface area contributed by atoms with Crippen LogP contribution in [-0.2, 0) is 0 Å². The molecule has 0 bridgehead atoms. The van der Waals surface area contributed by atoms with Crippen LogP contribution in [0.15, 0.2) is 0 Å². The van der Waals surface area contributed by atoms with Crippen molar-refractivity contribution in [2.75, 3.05) is 0 Å². The molecule has 0 nitrogen and oxygen atoms in total. The van der Waals surface area contributed by atoms with Gasteiger partial charge in [-0.05, 0) is 0 Å². The summed E-state index contributed by atoms with van der Waals surface area (Å²) in [6, 6.07) is 0. The molecule has 0 aliphatic carbocycles. The second-order valence-corrected chi connectivity index (χ2v) is 2.97. The van der Waals surface area contributed by atoms with E-state index in [9.17, 15) is 0 Å². The molecule has 0 amide bonds. The molecular weight excluding hydrogens is 234 g/mol. The Labute approximate surface area is 72.8 Å². The van der Waals surface area contributed by atoms with E-state index in [1.54, 1.807) is 0 Å². The molecule has 0 N–H and O–H groups in total. The summed E-state index contributed by atoms with van der Waals surface area (Å²) in [5.41, 5.74) is 0. The molecule has 2 radical (unpaired) electrons. The van der Waals surface area contributed by atoms with Crippen molar-refractivity contribution < 1.29 is 0 Å². The number of rotatable bonds is 1. The maximum atomic E-state index is 2.25. The zero-order chi connectivity index (χ0) is 4.28. The molecule has 0 rings (SSSR count). The fourth-order valence-electron chi connectivity index (χ4n) is 0. The average Bonchev–Trinajstić information content (AvgIpc) is 1.38. The van der Waals surface area contributed by atoms with Gasteiger partial charge in [0.15, 0.2) is 0 Å². The van der Waals surface area contributed by atoms with Crippen molar-refractivity contribution >= 4 is 49.2 Å². The van der Waals surface area contributed by atoms with E-state index < -0.39 is 0 Å². The van der Waals surface area contributed by atoms with Crippen LogP contribution in [0.3, 0.4) is 0 Å². The largest absolute Gasteiger partial charge is 0.147 e. The van der Waals surface area contributed by atoms with Gasteiger partial charge in [-0.1, -0.05) is 0 Å². The topological polar surface area (TPSA) is 0 Å². The Bertz CT molecular complexity index is 23.7. The van der Waals surface area contributed by atoms with Crippen molar-refractivity contribution in [1.29, 1.82) is 0 Å². The molecule has 0 aliphatic rings. The maximum absolute atomic E-state index is 2.25. The van der Waals surface area contributed by atoms with E-state index in [-0.39, 0.29) is 24.8 Å². The van der Waals surface area contributed by atoms with E-state index in [1.807, 2.05) is 0 Å². The Hall–Kier alpha value is 1.45. The van der Waals surface area contributed by atoms with Crippen molar-refractivity contribution in [3.8, 4) is 0 Å². The van der Waals surface area contributed by atoms with Crippen molar-refractivity contribution in [2.24, 2.45) is 5.92 Å². The van der Waals surface area contributed by atoms with E-state index in [1.165, 1.54) is 28.6 Å². The van der Waals surface area contributed by atoms with Gasteiger partial charge in [-0.25, -0.2) is 0 Å². The Morgan fingerprint density at radius 2 is 1.43 bits per heavy atom. The van der Waals surface area contributed by atoms with Gasteiger partial charge in [-0.15, -0.1) is 24.8 Å². The predicted octanol–water partition coefficient (Wildman–Crippen LogP) is 2.07. The summed E-state index contributed by atoms with van der Waals surface area (Å²) in [7, 11) is 0. The molecule has 0 unspecified atom stereocenters. The summed E-state index contributed by atoms with van der Waals surface area (Å²) in [4.78, 5) is 0. The molecule has 0 spiro atoms. The van der Waals surface area contributed by atoms with Crippen molar-refractivity contribution in [3.05, 3.63) is 0 Å². The minimum absolute atomic E-state index is 0. The fourth-order valence-corrected chi connectivity index (χ4v) is 0. The molecule has 0 aromatic carbocycles. The first-order valence-electron chi connectivity index (χ1n) is 1.97. The Balaban J connectivity index is -0.0000000800. The van der Waals surface area contributed by atoms with Gasteiger partial charge in [-0.3, -0.25) is 0 Å². The van der Waals surface area contributed by atoms with Crippen LogP contribution in [0, 0.1) is 5.92 Å². The van der Waals surface area contributed by atoms with Gasteiger partial charge in [0.25, 0.3) is 0 Å². The monoisotopic (exact) mass is 244 g/mol. The molecule has 0 atom stereocenters. The molecule has 7 heavy (non-hydrogen) atoms. The summed E-state index contributed by atoms with van der Waals surface area (Å²) in [6.07, 6.45) is 0. The van der Waals surface area contributed by atoms with Gasteiger partial charge in [-0.2, -0.15) is 0 Å². The van der Waals surface area contributed by atoms with Crippen LogP contribution in [0.1, 0.15) is 13.8 Å². The van der Waals surface area contributed by atoms with Crippen LogP contribution >= 0.6 is 24.8 Å². The molecule has 0 saturated heterocycles. The van der Waals surface area contributed by atoms with Crippen LogP contribution in [0.5, 0.6) is 0 Å². The predicted molar refractivity (Wildman–Crippen MR) is 39.9 cm³/mol. The van der Waals surface area contributed by atoms with Crippen LogP contribution in [0.4, 0.5) is 0 Å². The van der Waals surface area contributed by atoms with Gasteiger partial charge in [0.2, 0.25) is 0 Å². The second kappa shape index (κ2) is 10.4. The second-order valence-electron chi connectivity index (χ2n) is 1.63. The summed E-state index contributed by atoms with van der Waals surface area (Å²) < 4.78 is 1.44. The summed E-state index contributed by atoms with van der Waals surface area (Å²) in [6.45, 7) is 4.51. The molecule has 0 aliphatic heterocycles. The molecule has 0 heterocycles. The third-order valence-electron chi connectivity index (χ3n) is 0.471. The summed E-state index contributed by atoms with van der Waals surface area (Å²) in [5.74, 6) is 0.942. The van der Waals surface area contributed by atoms with Crippen LogP contribution in [0.25, 0.3) is 0 Å². The molecule has 0 fully saturated rings. The van der Waals surface area contributed by atoms with Gasteiger partial charge in [0.05, 0.1) is 0 Å². The van der Waals surface area contributed by atoms with Crippen molar-refractivity contribution in [3.63, 3.8) is 0 Å². The van der Waals surface area contributed by atoms with Gasteiger partial charge in [0.1, 0.15) is 0 Å². The zero-order valence-corrected chi connectivity index (χ0v) is 9.61. The third kappa shape index (κ3) is 18.6. The van der Waals surface area contributed by atoms with E-state index >= 15 is 0 Å². The molecular formula is C4H11Cl2In. The van der Waals surface area contributed by atoms with Crippen molar-refractivity contribution in [2.45, 2.75) is 18.0 Å². The SMILES string of the molecule is CC(C)[CH2][In].Cl.Cl. The number of halogens is 2. The quantitative estimate of drug-likeness (QED) is 0.663. The molecule has 0 aromatic heterocycles. The first kappa shape index (κ1) is 15.8. The van der Waals surface area contributed by atoms with E-state index in [0.29, 0.717) is 0 Å². The molecule has 0 saturated carbocycles. The minimum Gasteiger partial charge on any atom is -0.147 e. The standard InChI is InChI=1S/C4H9.2ClH.In/c1-4(2)3;;;/h4H,1H2,2-3H3;2*1H;. The summed E-state index contributed by atoms with van der Waals surface area (Å²) >= 11 is 1.43. The van der Waals surface area contributed by atoms with Crippen LogP contribution in [0.2, 0.25) is 4.18 Å². The number of hydrogen-bond donors (Lipinski definition) is 0. The molecule has 3 heteroatoms. The minimum atomic E-state index is 0. The van der Waals surface area contributed by atoms with Crippen LogP contribution < -0.4 is 0 Å². The first-order chi connectivity index (χ1) is 2.27. The normalized spacial score (nSPS) is 6.71. The van der Waals surface area contributed by atoms with E-state index in [2.05, 4.69) is 13.8 Å². The Kier molecular flexibility index (Phi) is 23.5. The van der Waals surface area contributed by atoms with Gasteiger partial charge >= 0.3 is 48.3 Å². The fraction of sp³-hybridized carbons (Fsp3) is 1.00. The smallest absolute Gasteiger partial charge is 0.147 e. The van der Waals surface area contributed by atoms with Gasteiger partial charge in [0, 0.05) is 0 Å².